The van der Waals surface area contributed by atoms with Crippen LogP contribution in [0.3, 0.4) is 0 Å². The number of pyridine rings is 1. The van der Waals surface area contributed by atoms with E-state index in [1.807, 2.05) is 38.1 Å². The van der Waals surface area contributed by atoms with Crippen LogP contribution in [0.4, 0.5) is 5.69 Å². The molecule has 3 aromatic heterocycles. The average Bonchev–Trinajstić information content (AvgIpc) is 3.31. The van der Waals surface area contributed by atoms with Gasteiger partial charge in [0.05, 0.1) is 16.6 Å². The number of anilines is 1. The first-order valence-electron chi connectivity index (χ1n) is 10.7. The van der Waals surface area contributed by atoms with Crippen LogP contribution in [0.15, 0.2) is 41.1 Å². The SMILES string of the molecule is CC(C)c1noc2ncc(C(=O)Nc3cccc(-c4nnc5n4CCCCC5)c3)cc12. The highest BCUT2D eigenvalue weighted by molar-refractivity contribution is 6.05. The molecule has 4 aromatic rings. The van der Waals surface area contributed by atoms with Crippen LogP contribution >= 0.6 is 0 Å². The van der Waals surface area contributed by atoms with E-state index in [9.17, 15) is 4.79 Å². The molecule has 5 rings (SSSR count). The topological polar surface area (TPSA) is 98.7 Å². The Balaban J connectivity index is 1.41. The highest BCUT2D eigenvalue weighted by Gasteiger charge is 2.18. The summed E-state index contributed by atoms with van der Waals surface area (Å²) in [5.41, 5.74) is 3.33. The van der Waals surface area contributed by atoms with Crippen molar-refractivity contribution >= 4 is 22.7 Å². The molecule has 8 nitrogen and oxygen atoms in total. The normalized spacial score (nSPS) is 13.9. The van der Waals surface area contributed by atoms with Gasteiger partial charge >= 0.3 is 0 Å². The fourth-order valence-electron chi connectivity index (χ4n) is 4.03. The number of rotatable bonds is 4. The number of aromatic nitrogens is 5. The molecule has 8 heteroatoms. The molecule has 0 saturated carbocycles. The maximum absolute atomic E-state index is 12.9. The van der Waals surface area contributed by atoms with Crippen LogP contribution in [-0.2, 0) is 13.0 Å². The van der Waals surface area contributed by atoms with Gasteiger partial charge in [0.2, 0.25) is 0 Å². The second-order valence-electron chi connectivity index (χ2n) is 8.24. The van der Waals surface area contributed by atoms with E-state index in [-0.39, 0.29) is 11.8 Å². The molecular weight excluding hydrogens is 392 g/mol. The predicted molar refractivity (Wildman–Crippen MR) is 117 cm³/mol. The number of hydrogen-bond donors (Lipinski definition) is 1. The van der Waals surface area contributed by atoms with Crippen LogP contribution in [0.5, 0.6) is 0 Å². The van der Waals surface area contributed by atoms with Crippen molar-refractivity contribution in [1.82, 2.24) is 24.9 Å². The molecule has 0 fully saturated rings. The molecule has 4 heterocycles. The Labute approximate surface area is 179 Å². The summed E-state index contributed by atoms with van der Waals surface area (Å²) in [7, 11) is 0. The molecule has 158 valence electrons. The molecule has 1 aliphatic heterocycles. The number of carbonyl (C=O) groups is 1. The van der Waals surface area contributed by atoms with E-state index < -0.39 is 0 Å². The summed E-state index contributed by atoms with van der Waals surface area (Å²) in [5.74, 6) is 1.83. The molecule has 0 radical (unpaired) electrons. The maximum Gasteiger partial charge on any atom is 0.257 e. The van der Waals surface area contributed by atoms with E-state index in [1.54, 1.807) is 6.07 Å². The van der Waals surface area contributed by atoms with Crippen LogP contribution in [0.2, 0.25) is 0 Å². The van der Waals surface area contributed by atoms with Crippen LogP contribution in [-0.4, -0.2) is 30.8 Å². The zero-order chi connectivity index (χ0) is 21.4. The van der Waals surface area contributed by atoms with Gasteiger partial charge in [-0.15, -0.1) is 10.2 Å². The van der Waals surface area contributed by atoms with Crippen molar-refractivity contribution in [2.24, 2.45) is 0 Å². The molecule has 0 unspecified atom stereocenters. The molecule has 1 amide bonds. The molecule has 0 spiro atoms. The molecule has 0 saturated heterocycles. The lowest BCUT2D eigenvalue weighted by Gasteiger charge is -2.09. The molecule has 0 atom stereocenters. The molecule has 1 aromatic carbocycles. The summed E-state index contributed by atoms with van der Waals surface area (Å²) in [5, 5.41) is 16.6. The number of fused-ring (bicyclic) bond motifs is 2. The zero-order valence-corrected chi connectivity index (χ0v) is 17.6. The highest BCUT2D eigenvalue weighted by atomic mass is 16.5. The summed E-state index contributed by atoms with van der Waals surface area (Å²) >= 11 is 0. The zero-order valence-electron chi connectivity index (χ0n) is 17.6. The van der Waals surface area contributed by atoms with Crippen molar-refractivity contribution in [3.8, 4) is 11.4 Å². The number of aryl methyl sites for hydroxylation is 1. The largest absolute Gasteiger partial charge is 0.336 e. The lowest BCUT2D eigenvalue weighted by molar-refractivity contribution is 0.102. The second kappa shape index (κ2) is 7.94. The standard InChI is InChI=1S/C23H24N6O2/c1-14(2)20-18-12-16(13-24-23(18)31-28-20)22(30)25-17-8-6-7-15(11-17)21-27-26-19-9-4-3-5-10-29(19)21/h6-8,11-14H,3-5,9-10H2,1-2H3,(H,25,30). The minimum atomic E-state index is -0.234. The van der Waals surface area contributed by atoms with Gasteiger partial charge in [-0.1, -0.05) is 37.6 Å². The second-order valence-corrected chi connectivity index (χ2v) is 8.24. The summed E-state index contributed by atoms with van der Waals surface area (Å²) in [6.07, 6.45) is 5.96. The fourth-order valence-corrected chi connectivity index (χ4v) is 4.03. The number of nitrogens with zero attached hydrogens (tertiary/aromatic N) is 5. The van der Waals surface area contributed by atoms with Crippen LogP contribution in [0, 0.1) is 0 Å². The minimum Gasteiger partial charge on any atom is -0.336 e. The third-order valence-electron chi connectivity index (χ3n) is 5.65. The Hall–Kier alpha value is -3.55. The Morgan fingerprint density at radius 3 is 2.94 bits per heavy atom. The average molecular weight is 416 g/mol. The van der Waals surface area contributed by atoms with Gasteiger partial charge in [0.15, 0.2) is 5.82 Å². The van der Waals surface area contributed by atoms with E-state index in [0.29, 0.717) is 17.0 Å². The smallest absolute Gasteiger partial charge is 0.257 e. The summed E-state index contributed by atoms with van der Waals surface area (Å²) in [4.78, 5) is 17.2. The Morgan fingerprint density at radius 1 is 1.16 bits per heavy atom. The number of benzene rings is 1. The lowest BCUT2D eigenvalue weighted by atomic mass is 10.1. The van der Waals surface area contributed by atoms with Crippen LogP contribution < -0.4 is 5.32 Å². The lowest BCUT2D eigenvalue weighted by Crippen LogP contribution is -2.12. The molecule has 0 bridgehead atoms. The molecular formula is C23H24N6O2. The molecule has 1 N–H and O–H groups in total. The van der Waals surface area contributed by atoms with Crippen molar-refractivity contribution < 1.29 is 9.32 Å². The number of carbonyl (C=O) groups excluding carboxylic acids is 1. The van der Waals surface area contributed by atoms with E-state index in [2.05, 4.69) is 30.2 Å². The molecule has 31 heavy (non-hydrogen) atoms. The van der Waals surface area contributed by atoms with Crippen molar-refractivity contribution in [1.29, 1.82) is 0 Å². The van der Waals surface area contributed by atoms with Crippen molar-refractivity contribution in [3.05, 3.63) is 53.6 Å². The van der Waals surface area contributed by atoms with Gasteiger partial charge in [-0.3, -0.25) is 4.79 Å². The first-order chi connectivity index (χ1) is 15.1. The maximum atomic E-state index is 12.9. The van der Waals surface area contributed by atoms with Gasteiger partial charge in [0, 0.05) is 30.4 Å². The van der Waals surface area contributed by atoms with Crippen LogP contribution in [0.25, 0.3) is 22.5 Å². The number of hydrogen-bond acceptors (Lipinski definition) is 6. The number of amides is 1. The summed E-state index contributed by atoms with van der Waals surface area (Å²) < 4.78 is 7.47. The van der Waals surface area contributed by atoms with E-state index >= 15 is 0 Å². The Kier molecular flexibility index (Phi) is 4.97. The van der Waals surface area contributed by atoms with Gasteiger partial charge in [-0.25, -0.2) is 4.98 Å². The van der Waals surface area contributed by atoms with Gasteiger partial charge in [0.25, 0.3) is 11.6 Å². The first-order valence-corrected chi connectivity index (χ1v) is 10.7. The third kappa shape index (κ3) is 3.69. The van der Waals surface area contributed by atoms with E-state index in [1.165, 1.54) is 12.6 Å². The predicted octanol–water partition coefficient (Wildman–Crippen LogP) is 4.58. The van der Waals surface area contributed by atoms with Crippen LogP contribution in [0.1, 0.15) is 60.9 Å². The van der Waals surface area contributed by atoms with Crippen molar-refractivity contribution in [3.63, 3.8) is 0 Å². The van der Waals surface area contributed by atoms with Crippen molar-refractivity contribution in [2.75, 3.05) is 5.32 Å². The first kappa shape index (κ1) is 19.4. The summed E-state index contributed by atoms with van der Waals surface area (Å²) in [6.45, 7) is 4.98. The van der Waals surface area contributed by atoms with Crippen molar-refractivity contribution in [2.45, 2.75) is 52.0 Å². The highest BCUT2D eigenvalue weighted by Crippen LogP contribution is 2.26. The Morgan fingerprint density at radius 2 is 2.06 bits per heavy atom. The van der Waals surface area contributed by atoms with Gasteiger partial charge in [-0.2, -0.15) is 0 Å². The summed E-state index contributed by atoms with van der Waals surface area (Å²) in [6, 6.07) is 9.50. The minimum absolute atomic E-state index is 0.177. The van der Waals surface area contributed by atoms with Gasteiger partial charge in [-0.05, 0) is 37.0 Å². The molecule has 1 aliphatic rings. The fraction of sp³-hybridized carbons (Fsp3) is 0.348. The monoisotopic (exact) mass is 416 g/mol. The quantitative estimate of drug-likeness (QED) is 0.523. The van der Waals surface area contributed by atoms with Gasteiger partial charge < -0.3 is 14.4 Å². The van der Waals surface area contributed by atoms with E-state index in [4.69, 9.17) is 4.52 Å². The number of nitrogens with one attached hydrogen (secondary N) is 1. The molecule has 0 aliphatic carbocycles. The Bertz CT molecular complexity index is 1260. The van der Waals surface area contributed by atoms with E-state index in [0.717, 1.165) is 54.1 Å². The third-order valence-corrected chi connectivity index (χ3v) is 5.65. The van der Waals surface area contributed by atoms with Gasteiger partial charge in [0.1, 0.15) is 5.82 Å².